The molecule has 3 N–H and O–H groups in total. The molecular weight excluding hydrogens is 312 g/mol. The largest absolute Gasteiger partial charge is 0.325 e. The van der Waals surface area contributed by atoms with Crippen LogP contribution >= 0.6 is 0 Å². The van der Waals surface area contributed by atoms with Crippen LogP contribution in [0.3, 0.4) is 0 Å². The van der Waals surface area contributed by atoms with Gasteiger partial charge in [-0.2, -0.15) is 10.1 Å². The van der Waals surface area contributed by atoms with Crippen molar-refractivity contribution in [1.82, 2.24) is 25.4 Å². The maximum absolute atomic E-state index is 12.3. The molecule has 4 amide bonds. The number of nitrogens with zero attached hydrogens (tertiary/aromatic N) is 3. The standard InChI is InChI=1S/C15H16N6O3/c22-12(19-14-16-9-17-20-14)8-11-13(23)21(15(24)18-11)7-6-10-4-2-1-3-5-10/h1-5,9,11H,6-8H2,(H,18,24)(H2,16,17,19,20,22)/t11-/m0/s1. The van der Waals surface area contributed by atoms with Crippen molar-refractivity contribution in [2.24, 2.45) is 0 Å². The molecule has 124 valence electrons. The fourth-order valence-corrected chi connectivity index (χ4v) is 2.45. The zero-order valence-electron chi connectivity index (χ0n) is 12.7. The van der Waals surface area contributed by atoms with Gasteiger partial charge in [-0.25, -0.2) is 9.89 Å². The third kappa shape index (κ3) is 3.57. The monoisotopic (exact) mass is 328 g/mol. The third-order valence-electron chi connectivity index (χ3n) is 3.64. The van der Waals surface area contributed by atoms with E-state index in [4.69, 9.17) is 0 Å². The van der Waals surface area contributed by atoms with Crippen LogP contribution in [0.5, 0.6) is 0 Å². The number of amides is 4. The molecule has 1 aromatic carbocycles. The van der Waals surface area contributed by atoms with Gasteiger partial charge in [0, 0.05) is 6.54 Å². The maximum Gasteiger partial charge on any atom is 0.324 e. The molecule has 1 aliphatic rings. The van der Waals surface area contributed by atoms with E-state index in [9.17, 15) is 14.4 Å². The van der Waals surface area contributed by atoms with E-state index in [1.165, 1.54) is 6.33 Å². The molecule has 9 nitrogen and oxygen atoms in total. The van der Waals surface area contributed by atoms with Crippen molar-refractivity contribution in [2.45, 2.75) is 18.9 Å². The van der Waals surface area contributed by atoms with Crippen molar-refractivity contribution >= 4 is 23.8 Å². The molecule has 0 saturated carbocycles. The highest BCUT2D eigenvalue weighted by molar-refractivity contribution is 6.06. The normalized spacial score (nSPS) is 17.0. The number of benzene rings is 1. The SMILES string of the molecule is O=C(C[C@@H]1NC(=O)N(CCc2ccccc2)C1=O)Nc1ncn[nH]1. The van der Waals surface area contributed by atoms with Gasteiger partial charge in [-0.15, -0.1) is 0 Å². The summed E-state index contributed by atoms with van der Waals surface area (Å²) in [6.07, 6.45) is 1.66. The number of carbonyl (C=O) groups is 3. The van der Waals surface area contributed by atoms with Gasteiger partial charge in [0.25, 0.3) is 5.91 Å². The molecule has 1 fully saturated rings. The van der Waals surface area contributed by atoms with Gasteiger partial charge in [-0.05, 0) is 12.0 Å². The predicted molar refractivity (Wildman–Crippen MR) is 83.8 cm³/mol. The zero-order chi connectivity index (χ0) is 16.9. The number of rotatable bonds is 6. The summed E-state index contributed by atoms with van der Waals surface area (Å²) in [7, 11) is 0. The first-order valence-corrected chi connectivity index (χ1v) is 7.44. The summed E-state index contributed by atoms with van der Waals surface area (Å²) in [5.74, 6) is -0.642. The van der Waals surface area contributed by atoms with Gasteiger partial charge in [-0.1, -0.05) is 30.3 Å². The van der Waals surface area contributed by atoms with Crippen molar-refractivity contribution in [3.63, 3.8) is 0 Å². The van der Waals surface area contributed by atoms with Crippen LogP contribution in [-0.4, -0.2) is 50.5 Å². The molecule has 3 rings (SSSR count). The molecule has 1 atom stereocenters. The number of hydrogen-bond donors (Lipinski definition) is 3. The fourth-order valence-electron chi connectivity index (χ4n) is 2.45. The minimum atomic E-state index is -0.865. The highest BCUT2D eigenvalue weighted by atomic mass is 16.2. The number of nitrogens with one attached hydrogen (secondary N) is 3. The molecule has 1 aromatic heterocycles. The van der Waals surface area contributed by atoms with E-state index >= 15 is 0 Å². The van der Waals surface area contributed by atoms with Crippen LogP contribution in [-0.2, 0) is 16.0 Å². The second-order valence-corrected chi connectivity index (χ2v) is 5.31. The Hall–Kier alpha value is -3.23. The molecule has 0 aliphatic carbocycles. The van der Waals surface area contributed by atoms with E-state index in [1.807, 2.05) is 30.3 Å². The average Bonchev–Trinajstić information content (AvgIpc) is 3.16. The fraction of sp³-hybridized carbons (Fsp3) is 0.267. The molecule has 0 bridgehead atoms. The van der Waals surface area contributed by atoms with Crippen LogP contribution in [0.25, 0.3) is 0 Å². The van der Waals surface area contributed by atoms with Gasteiger partial charge in [0.15, 0.2) is 0 Å². The van der Waals surface area contributed by atoms with E-state index in [1.54, 1.807) is 0 Å². The average molecular weight is 328 g/mol. The third-order valence-corrected chi connectivity index (χ3v) is 3.64. The van der Waals surface area contributed by atoms with Crippen molar-refractivity contribution in [3.8, 4) is 0 Å². The Labute approximate surface area is 137 Å². The van der Waals surface area contributed by atoms with Crippen LogP contribution < -0.4 is 10.6 Å². The topological polar surface area (TPSA) is 120 Å². The number of carbonyl (C=O) groups excluding carboxylic acids is 3. The summed E-state index contributed by atoms with van der Waals surface area (Å²) in [6.45, 7) is 0.273. The van der Waals surface area contributed by atoms with Crippen molar-refractivity contribution in [3.05, 3.63) is 42.2 Å². The minimum Gasteiger partial charge on any atom is -0.325 e. The Morgan fingerprint density at radius 2 is 2.04 bits per heavy atom. The lowest BCUT2D eigenvalue weighted by Crippen LogP contribution is -2.35. The lowest BCUT2D eigenvalue weighted by molar-refractivity contribution is -0.129. The highest BCUT2D eigenvalue weighted by Gasteiger charge is 2.38. The van der Waals surface area contributed by atoms with Crippen LogP contribution in [0.1, 0.15) is 12.0 Å². The summed E-state index contributed by atoms with van der Waals surface area (Å²) >= 11 is 0. The smallest absolute Gasteiger partial charge is 0.324 e. The van der Waals surface area contributed by atoms with Gasteiger partial charge in [0.1, 0.15) is 12.4 Å². The Morgan fingerprint density at radius 3 is 2.75 bits per heavy atom. The van der Waals surface area contributed by atoms with Crippen LogP contribution in [0, 0.1) is 0 Å². The van der Waals surface area contributed by atoms with Crippen LogP contribution in [0.4, 0.5) is 10.7 Å². The molecule has 0 radical (unpaired) electrons. The van der Waals surface area contributed by atoms with E-state index in [-0.39, 0.29) is 18.9 Å². The summed E-state index contributed by atoms with van der Waals surface area (Å²) in [6, 6.07) is 8.22. The first-order valence-electron chi connectivity index (χ1n) is 7.44. The Bertz CT molecular complexity index is 731. The lowest BCUT2D eigenvalue weighted by Gasteiger charge is -2.12. The summed E-state index contributed by atoms with van der Waals surface area (Å²) < 4.78 is 0. The Kier molecular flexibility index (Phi) is 4.50. The summed E-state index contributed by atoms with van der Waals surface area (Å²) in [5.41, 5.74) is 1.03. The quantitative estimate of drug-likeness (QED) is 0.659. The van der Waals surface area contributed by atoms with E-state index < -0.39 is 23.9 Å². The molecule has 0 unspecified atom stereocenters. The first kappa shape index (κ1) is 15.7. The molecular formula is C15H16N6O3. The van der Waals surface area contributed by atoms with Crippen LogP contribution in [0.2, 0.25) is 0 Å². The number of urea groups is 1. The maximum atomic E-state index is 12.3. The Balaban J connectivity index is 1.54. The molecule has 9 heteroatoms. The number of aromatic amines is 1. The van der Waals surface area contributed by atoms with Gasteiger partial charge in [0.2, 0.25) is 11.9 Å². The van der Waals surface area contributed by atoms with Crippen molar-refractivity contribution in [2.75, 3.05) is 11.9 Å². The van der Waals surface area contributed by atoms with E-state index in [0.717, 1.165) is 10.5 Å². The minimum absolute atomic E-state index is 0.160. The Morgan fingerprint density at radius 1 is 1.25 bits per heavy atom. The molecule has 1 aliphatic heterocycles. The van der Waals surface area contributed by atoms with Crippen molar-refractivity contribution in [1.29, 1.82) is 0 Å². The van der Waals surface area contributed by atoms with Crippen molar-refractivity contribution < 1.29 is 14.4 Å². The molecule has 2 aromatic rings. The number of aromatic nitrogens is 3. The van der Waals surface area contributed by atoms with E-state index in [0.29, 0.717) is 6.42 Å². The second kappa shape index (κ2) is 6.90. The highest BCUT2D eigenvalue weighted by Crippen LogP contribution is 2.12. The van der Waals surface area contributed by atoms with Gasteiger partial charge in [0.05, 0.1) is 6.42 Å². The zero-order valence-corrected chi connectivity index (χ0v) is 12.7. The number of anilines is 1. The molecule has 2 heterocycles. The lowest BCUT2D eigenvalue weighted by atomic mass is 10.1. The number of hydrogen-bond acceptors (Lipinski definition) is 5. The van der Waals surface area contributed by atoms with Gasteiger partial charge >= 0.3 is 6.03 Å². The molecule has 24 heavy (non-hydrogen) atoms. The van der Waals surface area contributed by atoms with Crippen LogP contribution in [0.15, 0.2) is 36.7 Å². The number of H-pyrrole nitrogens is 1. The first-order chi connectivity index (χ1) is 11.6. The van der Waals surface area contributed by atoms with E-state index in [2.05, 4.69) is 25.8 Å². The number of imide groups is 1. The second-order valence-electron chi connectivity index (χ2n) is 5.31. The summed E-state index contributed by atoms with van der Waals surface area (Å²) in [5, 5.41) is 11.1. The van der Waals surface area contributed by atoms with Gasteiger partial charge < -0.3 is 5.32 Å². The summed E-state index contributed by atoms with van der Waals surface area (Å²) in [4.78, 5) is 41.0. The molecule has 1 saturated heterocycles. The molecule has 0 spiro atoms. The predicted octanol–water partition coefficient (Wildman–Crippen LogP) is 0.296. The van der Waals surface area contributed by atoms with Gasteiger partial charge in [-0.3, -0.25) is 19.8 Å².